The van der Waals surface area contributed by atoms with Crippen molar-refractivity contribution in [1.29, 1.82) is 0 Å². The van der Waals surface area contributed by atoms with Crippen LogP contribution in [0.3, 0.4) is 0 Å². The number of aryl methyl sites for hydroxylation is 2. The molecule has 1 unspecified atom stereocenters. The van der Waals surface area contributed by atoms with Crippen molar-refractivity contribution in [2.45, 2.75) is 34.1 Å². The Balaban J connectivity index is 2.47. The van der Waals surface area contributed by atoms with Gasteiger partial charge in [0, 0.05) is 29.7 Å². The van der Waals surface area contributed by atoms with Gasteiger partial charge in [0.05, 0.1) is 6.61 Å². The fourth-order valence-corrected chi connectivity index (χ4v) is 5.51. The van der Waals surface area contributed by atoms with Crippen LogP contribution in [0.2, 0.25) is 0 Å². The standard InChI is InChI=1S/C23H29N2O6P/c1-5-31-32(30,18-10-7-6-8-11-18)23(29)19-15(2)14-16(3)20(17(19)4)25-22(28)21(27)24-12-9-13-26/h6-8,10-11,14,26H,5,9,12-13H2,1-4H3,(H,24,27)(H,25,28). The molecule has 8 nitrogen and oxygen atoms in total. The first-order chi connectivity index (χ1) is 15.2. The summed E-state index contributed by atoms with van der Waals surface area (Å²) < 4.78 is 19.3. The highest BCUT2D eigenvalue weighted by Crippen LogP contribution is 2.50. The van der Waals surface area contributed by atoms with Gasteiger partial charge in [0.25, 0.3) is 5.52 Å². The maximum absolute atomic E-state index is 13.7. The molecular weight excluding hydrogens is 431 g/mol. The van der Waals surface area contributed by atoms with E-state index in [1.165, 1.54) is 0 Å². The summed E-state index contributed by atoms with van der Waals surface area (Å²) >= 11 is 0. The minimum atomic E-state index is -3.90. The Labute approximate surface area is 187 Å². The molecule has 0 saturated heterocycles. The van der Waals surface area contributed by atoms with Crippen LogP contribution in [0.1, 0.15) is 40.4 Å². The number of rotatable bonds is 9. The van der Waals surface area contributed by atoms with Crippen LogP contribution in [0.25, 0.3) is 0 Å². The van der Waals surface area contributed by atoms with Gasteiger partial charge >= 0.3 is 19.2 Å². The van der Waals surface area contributed by atoms with Crippen LogP contribution in [-0.2, 0) is 18.7 Å². The van der Waals surface area contributed by atoms with E-state index in [0.29, 0.717) is 34.1 Å². The van der Waals surface area contributed by atoms with E-state index in [4.69, 9.17) is 9.63 Å². The molecule has 0 spiro atoms. The number of carbonyl (C=O) groups is 3. The molecule has 0 aromatic heterocycles. The molecule has 0 aliphatic heterocycles. The van der Waals surface area contributed by atoms with Gasteiger partial charge in [0.2, 0.25) is 0 Å². The van der Waals surface area contributed by atoms with Crippen LogP contribution in [0.15, 0.2) is 36.4 Å². The predicted octanol–water partition coefficient (Wildman–Crippen LogP) is 2.83. The molecule has 32 heavy (non-hydrogen) atoms. The number of aliphatic hydroxyl groups is 1. The Hall–Kier alpha value is -2.80. The number of hydrogen-bond donors (Lipinski definition) is 3. The zero-order valence-electron chi connectivity index (χ0n) is 18.7. The molecule has 2 amide bonds. The van der Waals surface area contributed by atoms with E-state index in [0.717, 1.165) is 0 Å². The summed E-state index contributed by atoms with van der Waals surface area (Å²) in [7, 11) is -3.90. The van der Waals surface area contributed by atoms with Gasteiger partial charge in [-0.25, -0.2) is 0 Å². The maximum atomic E-state index is 13.7. The molecule has 0 radical (unpaired) electrons. The van der Waals surface area contributed by atoms with Gasteiger partial charge in [0.15, 0.2) is 0 Å². The van der Waals surface area contributed by atoms with Crippen molar-refractivity contribution in [2.75, 3.05) is 25.1 Å². The van der Waals surface area contributed by atoms with Crippen molar-refractivity contribution in [3.05, 3.63) is 58.7 Å². The smallest absolute Gasteiger partial charge is 0.313 e. The summed E-state index contributed by atoms with van der Waals surface area (Å²) in [6.07, 6.45) is 0.326. The molecule has 0 bridgehead atoms. The van der Waals surface area contributed by atoms with Crippen LogP contribution in [0, 0.1) is 20.8 Å². The van der Waals surface area contributed by atoms with Crippen molar-refractivity contribution in [1.82, 2.24) is 5.32 Å². The second-order valence-corrected chi connectivity index (χ2v) is 9.57. The van der Waals surface area contributed by atoms with Gasteiger partial charge in [-0.3, -0.25) is 18.9 Å². The number of hydrogen-bond acceptors (Lipinski definition) is 6. The molecule has 0 aliphatic carbocycles. The summed E-state index contributed by atoms with van der Waals surface area (Å²) in [6, 6.07) is 10.0. The second-order valence-electron chi connectivity index (χ2n) is 7.28. The highest BCUT2D eigenvalue weighted by atomic mass is 31.2. The van der Waals surface area contributed by atoms with Crippen LogP contribution < -0.4 is 15.9 Å². The fraction of sp³-hybridized carbons (Fsp3) is 0.348. The lowest BCUT2D eigenvalue weighted by molar-refractivity contribution is -0.136. The van der Waals surface area contributed by atoms with Crippen molar-refractivity contribution in [3.8, 4) is 0 Å². The Kier molecular flexibility index (Phi) is 8.89. The SMILES string of the molecule is CCOP(=O)(C(=O)c1c(C)cc(C)c(NC(=O)C(=O)NCCCO)c1C)c1ccccc1. The normalized spacial score (nSPS) is 12.7. The second kappa shape index (κ2) is 11.2. The molecule has 0 aliphatic rings. The Morgan fingerprint density at radius 3 is 2.28 bits per heavy atom. The summed E-state index contributed by atoms with van der Waals surface area (Å²) in [4.78, 5) is 37.9. The number of amides is 2. The molecular formula is C23H29N2O6P. The zero-order valence-corrected chi connectivity index (χ0v) is 19.6. The molecule has 1 atom stereocenters. The Bertz CT molecular complexity index is 1050. The van der Waals surface area contributed by atoms with Gasteiger partial charge in [-0.05, 0) is 62.9 Å². The maximum Gasteiger partial charge on any atom is 0.313 e. The number of aliphatic hydroxyl groups excluding tert-OH is 1. The first-order valence-electron chi connectivity index (χ1n) is 10.3. The first-order valence-corrected chi connectivity index (χ1v) is 12.0. The van der Waals surface area contributed by atoms with Crippen molar-refractivity contribution in [2.24, 2.45) is 0 Å². The molecule has 2 aromatic rings. The average Bonchev–Trinajstić information content (AvgIpc) is 2.77. The van der Waals surface area contributed by atoms with Crippen LogP contribution in [-0.4, -0.2) is 42.2 Å². The molecule has 0 fully saturated rings. The molecule has 2 aromatic carbocycles. The van der Waals surface area contributed by atoms with E-state index in [2.05, 4.69) is 10.6 Å². The first kappa shape index (κ1) is 25.5. The van der Waals surface area contributed by atoms with Gasteiger partial charge in [-0.1, -0.05) is 24.3 Å². The number of carbonyl (C=O) groups excluding carboxylic acids is 3. The summed E-state index contributed by atoms with van der Waals surface area (Å²) in [6.45, 7) is 6.90. The monoisotopic (exact) mass is 460 g/mol. The van der Waals surface area contributed by atoms with E-state index < -0.39 is 24.7 Å². The van der Waals surface area contributed by atoms with Crippen molar-refractivity contribution >= 4 is 35.7 Å². The minimum absolute atomic E-state index is 0.0828. The Morgan fingerprint density at radius 1 is 1.03 bits per heavy atom. The number of anilines is 1. The third-order valence-corrected chi connectivity index (χ3v) is 7.28. The zero-order chi connectivity index (χ0) is 23.9. The van der Waals surface area contributed by atoms with E-state index >= 15 is 0 Å². The fourth-order valence-electron chi connectivity index (χ4n) is 3.44. The highest BCUT2D eigenvalue weighted by molar-refractivity contribution is 7.83. The predicted molar refractivity (Wildman–Crippen MR) is 124 cm³/mol. The lowest BCUT2D eigenvalue weighted by Gasteiger charge is -2.22. The highest BCUT2D eigenvalue weighted by Gasteiger charge is 2.38. The molecule has 172 valence electrons. The van der Waals surface area contributed by atoms with E-state index in [-0.39, 0.29) is 25.3 Å². The minimum Gasteiger partial charge on any atom is -0.396 e. The lowest BCUT2D eigenvalue weighted by atomic mass is 9.98. The van der Waals surface area contributed by atoms with Gasteiger partial charge < -0.3 is 20.3 Å². The molecule has 3 N–H and O–H groups in total. The average molecular weight is 460 g/mol. The summed E-state index contributed by atoms with van der Waals surface area (Å²) in [5.74, 6) is -1.75. The Morgan fingerprint density at radius 2 is 1.69 bits per heavy atom. The van der Waals surface area contributed by atoms with Crippen LogP contribution in [0.5, 0.6) is 0 Å². The van der Waals surface area contributed by atoms with Gasteiger partial charge in [-0.2, -0.15) is 0 Å². The molecule has 0 heterocycles. The van der Waals surface area contributed by atoms with Crippen LogP contribution in [0.4, 0.5) is 5.69 Å². The van der Waals surface area contributed by atoms with Crippen LogP contribution >= 0.6 is 7.37 Å². The van der Waals surface area contributed by atoms with Gasteiger partial charge in [-0.15, -0.1) is 0 Å². The molecule has 2 rings (SSSR count). The van der Waals surface area contributed by atoms with E-state index in [9.17, 15) is 18.9 Å². The molecule has 9 heteroatoms. The third kappa shape index (κ3) is 5.51. The van der Waals surface area contributed by atoms with Gasteiger partial charge in [0.1, 0.15) is 0 Å². The number of benzene rings is 2. The largest absolute Gasteiger partial charge is 0.396 e. The molecule has 0 saturated carbocycles. The topological polar surface area (TPSA) is 122 Å². The van der Waals surface area contributed by atoms with E-state index in [1.54, 1.807) is 64.1 Å². The third-order valence-electron chi connectivity index (χ3n) is 4.93. The summed E-state index contributed by atoms with van der Waals surface area (Å²) in [5, 5.41) is 14.1. The number of nitrogens with one attached hydrogen (secondary N) is 2. The van der Waals surface area contributed by atoms with Crippen molar-refractivity contribution in [3.63, 3.8) is 0 Å². The lowest BCUT2D eigenvalue weighted by Crippen LogP contribution is -2.36. The summed E-state index contributed by atoms with van der Waals surface area (Å²) in [5.41, 5.74) is 1.47. The van der Waals surface area contributed by atoms with E-state index in [1.807, 2.05) is 0 Å². The van der Waals surface area contributed by atoms with Crippen molar-refractivity contribution < 1.29 is 28.6 Å². The quantitative estimate of drug-likeness (QED) is 0.301.